The number of fused-ring (bicyclic) bond motifs is 1. The lowest BCUT2D eigenvalue weighted by Gasteiger charge is -2.12. The second-order valence-electron chi connectivity index (χ2n) is 6.15. The largest absolute Gasteiger partial charge is 0.385 e. The molecule has 0 aliphatic rings. The number of aliphatic hydroxyl groups is 1. The van der Waals surface area contributed by atoms with Crippen molar-refractivity contribution in [3.63, 3.8) is 0 Å². The van der Waals surface area contributed by atoms with E-state index in [1.165, 1.54) is 22.3 Å². The maximum atomic E-state index is 10.1. The minimum atomic E-state index is -0.585. The number of aryl methyl sites for hydroxylation is 3. The molecule has 0 fully saturated rings. The Balaban J connectivity index is 2.17. The molecule has 1 N–H and O–H groups in total. The van der Waals surface area contributed by atoms with Gasteiger partial charge in [0, 0.05) is 6.54 Å². The summed E-state index contributed by atoms with van der Waals surface area (Å²) >= 11 is 0. The highest BCUT2D eigenvalue weighted by molar-refractivity contribution is 5.78. The van der Waals surface area contributed by atoms with Crippen LogP contribution in [0.4, 0.5) is 0 Å². The summed E-state index contributed by atoms with van der Waals surface area (Å²) in [5, 5.41) is 10.1. The molecule has 3 rings (SSSR count). The Morgan fingerprint density at radius 3 is 2.50 bits per heavy atom. The third kappa shape index (κ3) is 2.64. The van der Waals surface area contributed by atoms with Crippen LogP contribution < -0.4 is 0 Å². The summed E-state index contributed by atoms with van der Waals surface area (Å²) in [4.78, 5) is 4.65. The minimum absolute atomic E-state index is 0.585. The first-order valence-corrected chi connectivity index (χ1v) is 7.66. The fourth-order valence-corrected chi connectivity index (χ4v) is 2.88. The van der Waals surface area contributed by atoms with E-state index in [2.05, 4.69) is 66.7 Å². The Morgan fingerprint density at radius 1 is 1.09 bits per heavy atom. The van der Waals surface area contributed by atoms with Gasteiger partial charge in [0.2, 0.25) is 0 Å². The van der Waals surface area contributed by atoms with Gasteiger partial charge in [-0.2, -0.15) is 0 Å². The average Bonchev–Trinajstić information content (AvgIpc) is 2.78. The van der Waals surface area contributed by atoms with Crippen molar-refractivity contribution in [2.24, 2.45) is 0 Å². The Bertz CT molecular complexity index is 831. The Morgan fingerprint density at radius 2 is 1.82 bits per heavy atom. The van der Waals surface area contributed by atoms with Crippen LogP contribution in [0.3, 0.4) is 0 Å². The molecule has 0 radical (unpaired) electrons. The monoisotopic (exact) mass is 294 g/mol. The van der Waals surface area contributed by atoms with Gasteiger partial charge in [-0.3, -0.25) is 0 Å². The quantitative estimate of drug-likeness (QED) is 0.791. The van der Waals surface area contributed by atoms with E-state index in [4.69, 9.17) is 0 Å². The molecular weight excluding hydrogens is 272 g/mol. The van der Waals surface area contributed by atoms with Gasteiger partial charge in [0.25, 0.3) is 0 Å². The average molecular weight is 294 g/mol. The van der Waals surface area contributed by atoms with Crippen LogP contribution in [0.2, 0.25) is 0 Å². The minimum Gasteiger partial charge on any atom is -0.385 e. The number of benzene rings is 2. The molecule has 3 aromatic rings. The lowest BCUT2D eigenvalue weighted by atomic mass is 10.1. The van der Waals surface area contributed by atoms with Gasteiger partial charge < -0.3 is 9.67 Å². The van der Waals surface area contributed by atoms with E-state index in [1.54, 1.807) is 6.92 Å². The van der Waals surface area contributed by atoms with Crippen molar-refractivity contribution in [3.8, 4) is 0 Å². The molecule has 1 atom stereocenters. The topological polar surface area (TPSA) is 38.0 Å². The molecule has 0 saturated carbocycles. The smallest absolute Gasteiger partial charge is 0.138 e. The van der Waals surface area contributed by atoms with E-state index >= 15 is 0 Å². The van der Waals surface area contributed by atoms with Crippen molar-refractivity contribution in [1.29, 1.82) is 0 Å². The molecule has 0 amide bonds. The van der Waals surface area contributed by atoms with Gasteiger partial charge in [-0.05, 0) is 56.5 Å². The van der Waals surface area contributed by atoms with Crippen LogP contribution in [0.1, 0.15) is 41.1 Å². The van der Waals surface area contributed by atoms with E-state index in [0.29, 0.717) is 0 Å². The molecule has 1 unspecified atom stereocenters. The van der Waals surface area contributed by atoms with Gasteiger partial charge >= 0.3 is 0 Å². The second kappa shape index (κ2) is 5.58. The molecule has 0 aliphatic heterocycles. The number of imidazole rings is 1. The summed E-state index contributed by atoms with van der Waals surface area (Å²) in [6.07, 6.45) is -0.585. The molecule has 0 aliphatic carbocycles. The zero-order valence-corrected chi connectivity index (χ0v) is 13.6. The van der Waals surface area contributed by atoms with Crippen molar-refractivity contribution in [2.75, 3.05) is 0 Å². The number of nitrogens with zero attached hydrogens (tertiary/aromatic N) is 2. The zero-order valence-electron chi connectivity index (χ0n) is 13.6. The maximum absolute atomic E-state index is 10.1. The maximum Gasteiger partial charge on any atom is 0.138 e. The number of hydrogen-bond acceptors (Lipinski definition) is 2. The highest BCUT2D eigenvalue weighted by atomic mass is 16.3. The fraction of sp³-hybridized carbons (Fsp3) is 0.316. The van der Waals surface area contributed by atoms with Gasteiger partial charge in [-0.15, -0.1) is 0 Å². The summed E-state index contributed by atoms with van der Waals surface area (Å²) in [6.45, 7) is 8.80. The predicted molar refractivity (Wildman–Crippen MR) is 90.1 cm³/mol. The van der Waals surface area contributed by atoms with Crippen molar-refractivity contribution in [1.82, 2.24) is 9.55 Å². The summed E-state index contributed by atoms with van der Waals surface area (Å²) < 4.78 is 2.13. The lowest BCUT2D eigenvalue weighted by Crippen LogP contribution is -2.08. The summed E-state index contributed by atoms with van der Waals surface area (Å²) in [6, 6.07) is 12.7. The third-order valence-electron chi connectivity index (χ3n) is 4.19. The summed E-state index contributed by atoms with van der Waals surface area (Å²) in [7, 11) is 0. The molecule has 1 heterocycles. The van der Waals surface area contributed by atoms with Gasteiger partial charge in [-0.25, -0.2) is 4.98 Å². The van der Waals surface area contributed by atoms with Crippen molar-refractivity contribution >= 4 is 11.0 Å². The number of hydrogen-bond donors (Lipinski definition) is 1. The van der Waals surface area contributed by atoms with Crippen molar-refractivity contribution in [2.45, 2.75) is 40.3 Å². The van der Waals surface area contributed by atoms with Crippen LogP contribution >= 0.6 is 0 Å². The van der Waals surface area contributed by atoms with Crippen LogP contribution in [0.25, 0.3) is 11.0 Å². The van der Waals surface area contributed by atoms with Crippen LogP contribution in [-0.2, 0) is 6.54 Å². The molecule has 2 aromatic carbocycles. The molecule has 0 saturated heterocycles. The normalized spacial score (nSPS) is 12.8. The van der Waals surface area contributed by atoms with Gasteiger partial charge in [0.1, 0.15) is 11.9 Å². The van der Waals surface area contributed by atoms with Crippen LogP contribution in [0.5, 0.6) is 0 Å². The van der Waals surface area contributed by atoms with Gasteiger partial charge in [0.05, 0.1) is 11.0 Å². The lowest BCUT2D eigenvalue weighted by molar-refractivity contribution is 0.185. The standard InChI is InChI=1S/C19H22N2O/c1-12-6-5-7-16(8-12)11-21-18-10-14(3)13(2)9-17(18)20-19(21)15(4)22/h5-10,15,22H,11H2,1-4H3. The first-order valence-electron chi connectivity index (χ1n) is 7.66. The Labute approximate surface area is 131 Å². The number of aliphatic hydroxyl groups excluding tert-OH is 1. The van der Waals surface area contributed by atoms with E-state index in [0.717, 1.165) is 23.4 Å². The van der Waals surface area contributed by atoms with E-state index in [-0.39, 0.29) is 0 Å². The van der Waals surface area contributed by atoms with Crippen LogP contribution in [0, 0.1) is 20.8 Å². The highest BCUT2D eigenvalue weighted by Crippen LogP contribution is 2.25. The van der Waals surface area contributed by atoms with Gasteiger partial charge in [-0.1, -0.05) is 29.8 Å². The summed E-state index contributed by atoms with van der Waals surface area (Å²) in [5.41, 5.74) is 6.97. The van der Waals surface area contributed by atoms with Crippen molar-refractivity contribution in [3.05, 3.63) is 64.5 Å². The molecular formula is C19H22N2O. The highest BCUT2D eigenvalue weighted by Gasteiger charge is 2.16. The summed E-state index contributed by atoms with van der Waals surface area (Å²) in [5.74, 6) is 0.724. The molecule has 22 heavy (non-hydrogen) atoms. The van der Waals surface area contributed by atoms with Crippen LogP contribution in [-0.4, -0.2) is 14.7 Å². The molecule has 114 valence electrons. The Hall–Kier alpha value is -2.13. The zero-order chi connectivity index (χ0) is 15.9. The molecule has 3 nitrogen and oxygen atoms in total. The number of aromatic nitrogens is 2. The second-order valence-corrected chi connectivity index (χ2v) is 6.15. The van der Waals surface area contributed by atoms with Gasteiger partial charge in [0.15, 0.2) is 0 Å². The van der Waals surface area contributed by atoms with E-state index in [1.807, 2.05) is 0 Å². The van der Waals surface area contributed by atoms with Crippen LogP contribution in [0.15, 0.2) is 36.4 Å². The fourth-order valence-electron chi connectivity index (χ4n) is 2.88. The third-order valence-corrected chi connectivity index (χ3v) is 4.19. The molecule has 3 heteroatoms. The first-order chi connectivity index (χ1) is 10.5. The SMILES string of the molecule is Cc1cccc(Cn2c(C(C)O)nc3cc(C)c(C)cc32)c1. The Kier molecular flexibility index (Phi) is 3.75. The first kappa shape index (κ1) is 14.8. The molecule has 0 spiro atoms. The predicted octanol–water partition coefficient (Wildman–Crippen LogP) is 4.06. The molecule has 1 aromatic heterocycles. The van der Waals surface area contributed by atoms with Crippen molar-refractivity contribution < 1.29 is 5.11 Å². The van der Waals surface area contributed by atoms with E-state index < -0.39 is 6.10 Å². The van der Waals surface area contributed by atoms with E-state index in [9.17, 15) is 5.11 Å². The number of rotatable bonds is 3. The molecule has 0 bridgehead atoms.